The lowest BCUT2D eigenvalue weighted by Gasteiger charge is -2.24. The van der Waals surface area contributed by atoms with Crippen LogP contribution in [-0.4, -0.2) is 51.7 Å². The highest BCUT2D eigenvalue weighted by Crippen LogP contribution is 2.31. The number of methoxy groups -OCH3 is 1. The molecular formula is C13H25NO3. The highest BCUT2D eigenvalue weighted by Gasteiger charge is 2.38. The molecule has 0 spiro atoms. The minimum atomic E-state index is 0.301. The number of hydrogen-bond donors (Lipinski definition) is 1. The van der Waals surface area contributed by atoms with Crippen molar-refractivity contribution in [3.8, 4) is 0 Å². The van der Waals surface area contributed by atoms with Gasteiger partial charge in [-0.25, -0.2) is 0 Å². The standard InChI is InChI=1S/C13H25NO3/c1-10-3-4-12(17-10)13-11(5-7-16-13)9-14-6-8-15-2/h10-14H,3-9H2,1-2H3. The van der Waals surface area contributed by atoms with Gasteiger partial charge in [0.1, 0.15) is 0 Å². The van der Waals surface area contributed by atoms with Crippen molar-refractivity contribution in [3.63, 3.8) is 0 Å². The van der Waals surface area contributed by atoms with Gasteiger partial charge in [0.05, 0.1) is 24.9 Å². The predicted molar refractivity (Wildman–Crippen MR) is 66.2 cm³/mol. The zero-order valence-corrected chi connectivity index (χ0v) is 11.0. The van der Waals surface area contributed by atoms with Crippen molar-refractivity contribution in [3.05, 3.63) is 0 Å². The fourth-order valence-electron chi connectivity index (χ4n) is 2.82. The molecule has 4 nitrogen and oxygen atoms in total. The summed E-state index contributed by atoms with van der Waals surface area (Å²) in [5.74, 6) is 0.599. The zero-order valence-electron chi connectivity index (χ0n) is 11.0. The van der Waals surface area contributed by atoms with Crippen molar-refractivity contribution in [1.82, 2.24) is 5.32 Å². The Morgan fingerprint density at radius 3 is 2.88 bits per heavy atom. The molecular weight excluding hydrogens is 218 g/mol. The molecule has 0 aliphatic carbocycles. The van der Waals surface area contributed by atoms with E-state index < -0.39 is 0 Å². The first kappa shape index (κ1) is 13.3. The molecule has 0 aromatic carbocycles. The maximum absolute atomic E-state index is 5.93. The summed E-state index contributed by atoms with van der Waals surface area (Å²) in [5, 5.41) is 3.43. The van der Waals surface area contributed by atoms with Crippen molar-refractivity contribution in [2.45, 2.75) is 44.5 Å². The molecule has 0 saturated carbocycles. The molecule has 2 aliphatic rings. The Morgan fingerprint density at radius 1 is 1.29 bits per heavy atom. The summed E-state index contributed by atoms with van der Waals surface area (Å²) in [6, 6.07) is 0. The fourth-order valence-corrected chi connectivity index (χ4v) is 2.82. The topological polar surface area (TPSA) is 39.7 Å². The number of nitrogens with one attached hydrogen (secondary N) is 1. The summed E-state index contributed by atoms with van der Waals surface area (Å²) in [7, 11) is 1.73. The van der Waals surface area contributed by atoms with Gasteiger partial charge in [-0.05, 0) is 26.2 Å². The van der Waals surface area contributed by atoms with Crippen LogP contribution in [0.5, 0.6) is 0 Å². The molecule has 4 unspecified atom stereocenters. The van der Waals surface area contributed by atoms with E-state index in [0.29, 0.717) is 24.2 Å². The van der Waals surface area contributed by atoms with Crippen LogP contribution in [0.1, 0.15) is 26.2 Å². The highest BCUT2D eigenvalue weighted by atomic mass is 16.6. The zero-order chi connectivity index (χ0) is 12.1. The molecule has 1 N–H and O–H groups in total. The summed E-state index contributed by atoms with van der Waals surface area (Å²) in [6.07, 6.45) is 4.51. The lowest BCUT2D eigenvalue weighted by atomic mass is 9.95. The Labute approximate surface area is 104 Å². The van der Waals surface area contributed by atoms with Crippen molar-refractivity contribution in [2.24, 2.45) is 5.92 Å². The van der Waals surface area contributed by atoms with E-state index in [-0.39, 0.29) is 0 Å². The third-order valence-corrected chi connectivity index (χ3v) is 3.78. The summed E-state index contributed by atoms with van der Waals surface area (Å²) in [6.45, 7) is 5.75. The Kier molecular flexibility index (Phi) is 5.22. The van der Waals surface area contributed by atoms with E-state index in [1.807, 2.05) is 0 Å². The van der Waals surface area contributed by atoms with Crippen LogP contribution in [0.15, 0.2) is 0 Å². The van der Waals surface area contributed by atoms with E-state index in [1.165, 1.54) is 6.42 Å². The first-order valence-corrected chi connectivity index (χ1v) is 6.78. The second-order valence-corrected chi connectivity index (χ2v) is 5.14. The average molecular weight is 243 g/mol. The molecule has 100 valence electrons. The van der Waals surface area contributed by atoms with Crippen LogP contribution in [0.2, 0.25) is 0 Å². The van der Waals surface area contributed by atoms with Gasteiger partial charge in [-0.15, -0.1) is 0 Å². The van der Waals surface area contributed by atoms with E-state index in [0.717, 1.165) is 39.1 Å². The Balaban J connectivity index is 1.73. The molecule has 2 aliphatic heterocycles. The van der Waals surface area contributed by atoms with Crippen LogP contribution in [0.4, 0.5) is 0 Å². The normalized spacial score (nSPS) is 37.8. The Hall–Kier alpha value is -0.160. The van der Waals surface area contributed by atoms with Crippen molar-refractivity contribution < 1.29 is 14.2 Å². The van der Waals surface area contributed by atoms with Crippen molar-refractivity contribution >= 4 is 0 Å². The van der Waals surface area contributed by atoms with Gasteiger partial charge in [0.2, 0.25) is 0 Å². The van der Waals surface area contributed by atoms with Crippen molar-refractivity contribution in [2.75, 3.05) is 33.4 Å². The highest BCUT2D eigenvalue weighted by molar-refractivity contribution is 4.87. The number of ether oxygens (including phenoxy) is 3. The summed E-state index contributed by atoms with van der Waals surface area (Å²) in [4.78, 5) is 0. The largest absolute Gasteiger partial charge is 0.383 e. The van der Waals surface area contributed by atoms with Gasteiger partial charge < -0.3 is 19.5 Å². The van der Waals surface area contributed by atoms with Gasteiger partial charge >= 0.3 is 0 Å². The maximum Gasteiger partial charge on any atom is 0.0877 e. The van der Waals surface area contributed by atoms with E-state index in [4.69, 9.17) is 14.2 Å². The Bertz CT molecular complexity index is 225. The molecule has 4 heteroatoms. The van der Waals surface area contributed by atoms with Gasteiger partial charge in [0, 0.05) is 32.7 Å². The molecule has 2 heterocycles. The number of rotatable bonds is 6. The van der Waals surface area contributed by atoms with Crippen LogP contribution in [0.25, 0.3) is 0 Å². The Morgan fingerprint density at radius 2 is 2.18 bits per heavy atom. The molecule has 2 rings (SSSR count). The summed E-state index contributed by atoms with van der Waals surface area (Å²) < 4.78 is 16.8. The fraction of sp³-hybridized carbons (Fsp3) is 1.00. The van der Waals surface area contributed by atoms with Gasteiger partial charge in [0.25, 0.3) is 0 Å². The smallest absolute Gasteiger partial charge is 0.0877 e. The van der Waals surface area contributed by atoms with Crippen LogP contribution in [-0.2, 0) is 14.2 Å². The van der Waals surface area contributed by atoms with E-state index in [1.54, 1.807) is 7.11 Å². The van der Waals surface area contributed by atoms with Gasteiger partial charge in [-0.2, -0.15) is 0 Å². The molecule has 0 amide bonds. The molecule has 4 atom stereocenters. The molecule has 17 heavy (non-hydrogen) atoms. The summed E-state index contributed by atoms with van der Waals surface area (Å²) in [5.41, 5.74) is 0. The molecule has 0 aromatic heterocycles. The van der Waals surface area contributed by atoms with Gasteiger partial charge in [0.15, 0.2) is 0 Å². The van der Waals surface area contributed by atoms with Gasteiger partial charge in [-0.1, -0.05) is 0 Å². The van der Waals surface area contributed by atoms with Crippen LogP contribution in [0, 0.1) is 5.92 Å². The summed E-state index contributed by atoms with van der Waals surface area (Å²) >= 11 is 0. The van der Waals surface area contributed by atoms with E-state index in [2.05, 4.69) is 12.2 Å². The van der Waals surface area contributed by atoms with Crippen LogP contribution in [0.3, 0.4) is 0 Å². The second-order valence-electron chi connectivity index (χ2n) is 5.14. The molecule has 0 radical (unpaired) electrons. The van der Waals surface area contributed by atoms with E-state index >= 15 is 0 Å². The predicted octanol–water partition coefficient (Wildman–Crippen LogP) is 1.19. The minimum absolute atomic E-state index is 0.301. The second kappa shape index (κ2) is 6.69. The third kappa shape index (κ3) is 3.65. The van der Waals surface area contributed by atoms with E-state index in [9.17, 15) is 0 Å². The molecule has 2 fully saturated rings. The lowest BCUT2D eigenvalue weighted by Crippen LogP contribution is -2.37. The molecule has 2 saturated heterocycles. The van der Waals surface area contributed by atoms with Gasteiger partial charge in [-0.3, -0.25) is 0 Å². The SMILES string of the molecule is COCCNCC1CCOC1C1CCC(C)O1. The quantitative estimate of drug-likeness (QED) is 0.712. The lowest BCUT2D eigenvalue weighted by molar-refractivity contribution is -0.0531. The third-order valence-electron chi connectivity index (χ3n) is 3.78. The van der Waals surface area contributed by atoms with Crippen LogP contribution < -0.4 is 5.32 Å². The maximum atomic E-state index is 5.93. The monoisotopic (exact) mass is 243 g/mol. The average Bonchev–Trinajstić information content (AvgIpc) is 2.93. The minimum Gasteiger partial charge on any atom is -0.383 e. The first-order valence-electron chi connectivity index (χ1n) is 6.78. The first-order chi connectivity index (χ1) is 8.31. The molecule has 0 aromatic rings. The molecule has 0 bridgehead atoms. The number of hydrogen-bond acceptors (Lipinski definition) is 4. The van der Waals surface area contributed by atoms with Crippen LogP contribution >= 0.6 is 0 Å². The van der Waals surface area contributed by atoms with Crippen molar-refractivity contribution in [1.29, 1.82) is 0 Å².